The zero-order chi connectivity index (χ0) is 22.4. The number of morpholine rings is 1. The molecule has 2 saturated heterocycles. The third kappa shape index (κ3) is 5.95. The highest BCUT2D eigenvalue weighted by atomic mass is 32.2. The van der Waals surface area contributed by atoms with Crippen molar-refractivity contribution in [2.24, 2.45) is 0 Å². The van der Waals surface area contributed by atoms with Gasteiger partial charge in [0.1, 0.15) is 0 Å². The van der Waals surface area contributed by atoms with Crippen LogP contribution >= 0.6 is 0 Å². The van der Waals surface area contributed by atoms with Gasteiger partial charge in [0.05, 0.1) is 18.1 Å². The highest BCUT2D eigenvalue weighted by Crippen LogP contribution is 2.18. The lowest BCUT2D eigenvalue weighted by molar-refractivity contribution is -0.121. The van der Waals surface area contributed by atoms with Gasteiger partial charge in [-0.15, -0.1) is 0 Å². The third-order valence-electron chi connectivity index (χ3n) is 6.06. The summed E-state index contributed by atoms with van der Waals surface area (Å²) in [6, 6.07) is 17.4. The lowest BCUT2D eigenvalue weighted by atomic mass is 10.1. The van der Waals surface area contributed by atoms with Gasteiger partial charge < -0.3 is 10.1 Å². The standard InChI is InChI=1S/C24H31N3O4S/c28-24(25-22-12-13-26(19-22)18-21-4-2-1-3-5-21)11-8-20-6-9-23(10-7-20)32(29,30)27-14-16-31-17-15-27/h1-7,9-10,22H,8,11-19H2,(H,25,28). The van der Waals surface area contributed by atoms with Crippen molar-refractivity contribution in [2.75, 3.05) is 39.4 Å². The Bertz CT molecular complexity index is 990. The fourth-order valence-electron chi connectivity index (χ4n) is 4.26. The van der Waals surface area contributed by atoms with E-state index in [0.29, 0.717) is 39.1 Å². The molecule has 8 heteroatoms. The molecule has 2 aromatic rings. The number of hydrogen-bond donors (Lipinski definition) is 1. The molecule has 172 valence electrons. The lowest BCUT2D eigenvalue weighted by Gasteiger charge is -2.26. The summed E-state index contributed by atoms with van der Waals surface area (Å²) in [4.78, 5) is 15.1. The molecule has 1 unspecified atom stereocenters. The van der Waals surface area contributed by atoms with Crippen LogP contribution in [0.3, 0.4) is 0 Å². The number of nitrogens with zero attached hydrogens (tertiary/aromatic N) is 2. The van der Waals surface area contributed by atoms with Crippen LogP contribution < -0.4 is 5.32 Å². The molecule has 1 N–H and O–H groups in total. The van der Waals surface area contributed by atoms with Gasteiger partial charge in [-0.05, 0) is 36.1 Å². The first-order valence-corrected chi connectivity index (χ1v) is 12.7. The smallest absolute Gasteiger partial charge is 0.243 e. The van der Waals surface area contributed by atoms with Crippen molar-refractivity contribution < 1.29 is 17.9 Å². The van der Waals surface area contributed by atoms with Gasteiger partial charge in [-0.2, -0.15) is 4.31 Å². The molecule has 4 rings (SSSR count). The van der Waals surface area contributed by atoms with Gasteiger partial charge in [-0.3, -0.25) is 9.69 Å². The maximum Gasteiger partial charge on any atom is 0.243 e. The Morgan fingerprint density at radius 3 is 2.41 bits per heavy atom. The molecule has 1 atom stereocenters. The molecule has 0 saturated carbocycles. The minimum Gasteiger partial charge on any atom is -0.379 e. The van der Waals surface area contributed by atoms with E-state index in [9.17, 15) is 13.2 Å². The fourth-order valence-corrected chi connectivity index (χ4v) is 5.67. The molecule has 0 aromatic heterocycles. The van der Waals surface area contributed by atoms with Gasteiger partial charge in [0.25, 0.3) is 0 Å². The van der Waals surface area contributed by atoms with E-state index in [0.717, 1.165) is 31.6 Å². The van der Waals surface area contributed by atoms with Crippen LogP contribution in [0.4, 0.5) is 0 Å². The van der Waals surface area contributed by atoms with Crippen LogP contribution in [0.15, 0.2) is 59.5 Å². The minimum atomic E-state index is -3.48. The van der Waals surface area contributed by atoms with Crippen molar-refractivity contribution in [2.45, 2.75) is 36.7 Å². The van der Waals surface area contributed by atoms with E-state index in [2.05, 4.69) is 34.5 Å². The maximum atomic E-state index is 12.7. The zero-order valence-corrected chi connectivity index (χ0v) is 19.1. The molecule has 1 amide bonds. The molecule has 2 aliphatic heterocycles. The first-order chi connectivity index (χ1) is 15.5. The van der Waals surface area contributed by atoms with E-state index in [1.54, 1.807) is 24.3 Å². The summed E-state index contributed by atoms with van der Waals surface area (Å²) in [7, 11) is -3.48. The molecule has 2 heterocycles. The number of hydrogen-bond acceptors (Lipinski definition) is 5. The number of rotatable bonds is 8. The number of carbonyl (C=O) groups excluding carboxylic acids is 1. The Hall–Kier alpha value is -2.26. The minimum absolute atomic E-state index is 0.0431. The number of amides is 1. The number of carbonyl (C=O) groups is 1. The number of nitrogens with one attached hydrogen (secondary N) is 1. The summed E-state index contributed by atoms with van der Waals surface area (Å²) in [5.74, 6) is 0.0431. The summed E-state index contributed by atoms with van der Waals surface area (Å²) >= 11 is 0. The summed E-state index contributed by atoms with van der Waals surface area (Å²) in [5.41, 5.74) is 2.25. The number of aryl methyl sites for hydroxylation is 1. The first kappa shape index (κ1) is 22.9. The van der Waals surface area contributed by atoms with E-state index in [1.165, 1.54) is 9.87 Å². The van der Waals surface area contributed by atoms with Crippen LogP contribution in [0, 0.1) is 0 Å². The molecule has 2 aliphatic rings. The number of ether oxygens (including phenoxy) is 1. The van der Waals surface area contributed by atoms with E-state index >= 15 is 0 Å². The molecule has 0 radical (unpaired) electrons. The molecule has 0 spiro atoms. The second-order valence-corrected chi connectivity index (χ2v) is 10.4. The monoisotopic (exact) mass is 457 g/mol. The topological polar surface area (TPSA) is 79.0 Å². The van der Waals surface area contributed by atoms with Crippen molar-refractivity contribution in [3.05, 3.63) is 65.7 Å². The number of sulfonamides is 1. The normalized spacial score (nSPS) is 20.3. The van der Waals surface area contributed by atoms with Crippen molar-refractivity contribution in [1.29, 1.82) is 0 Å². The second kappa shape index (κ2) is 10.6. The van der Waals surface area contributed by atoms with E-state index < -0.39 is 10.0 Å². The van der Waals surface area contributed by atoms with Gasteiger partial charge in [0.2, 0.25) is 15.9 Å². The first-order valence-electron chi connectivity index (χ1n) is 11.2. The van der Waals surface area contributed by atoms with Gasteiger partial charge in [-0.25, -0.2) is 8.42 Å². The molecule has 2 aromatic carbocycles. The van der Waals surface area contributed by atoms with Gasteiger partial charge in [-0.1, -0.05) is 42.5 Å². The SMILES string of the molecule is O=C(CCc1ccc(S(=O)(=O)N2CCOCC2)cc1)NC1CCN(Cc2ccccc2)C1. The lowest BCUT2D eigenvalue weighted by Crippen LogP contribution is -2.40. The summed E-state index contributed by atoms with van der Waals surface area (Å²) in [5, 5.41) is 3.15. The average molecular weight is 458 g/mol. The van der Waals surface area contributed by atoms with E-state index in [1.807, 2.05) is 6.07 Å². The van der Waals surface area contributed by atoms with Crippen LogP contribution in [0.5, 0.6) is 0 Å². The molecular weight excluding hydrogens is 426 g/mol. The highest BCUT2D eigenvalue weighted by Gasteiger charge is 2.26. The quantitative estimate of drug-likeness (QED) is 0.656. The highest BCUT2D eigenvalue weighted by molar-refractivity contribution is 7.89. The predicted octanol–water partition coefficient (Wildman–Crippen LogP) is 2.03. The average Bonchev–Trinajstić information content (AvgIpc) is 3.25. The number of likely N-dealkylation sites (tertiary alicyclic amines) is 1. The fraction of sp³-hybridized carbons (Fsp3) is 0.458. The van der Waals surface area contributed by atoms with Crippen molar-refractivity contribution >= 4 is 15.9 Å². The molecule has 0 aliphatic carbocycles. The summed E-state index contributed by atoms with van der Waals surface area (Å²) in [6.07, 6.45) is 1.95. The Morgan fingerprint density at radius 1 is 0.969 bits per heavy atom. The predicted molar refractivity (Wildman–Crippen MR) is 123 cm³/mol. The molecule has 2 fully saturated rings. The van der Waals surface area contributed by atoms with Crippen molar-refractivity contribution in [3.8, 4) is 0 Å². The molecule has 7 nitrogen and oxygen atoms in total. The van der Waals surface area contributed by atoms with Crippen LogP contribution in [0.25, 0.3) is 0 Å². The zero-order valence-electron chi connectivity index (χ0n) is 18.3. The second-order valence-electron chi connectivity index (χ2n) is 8.43. The van der Waals surface area contributed by atoms with Crippen LogP contribution in [-0.2, 0) is 32.5 Å². The van der Waals surface area contributed by atoms with E-state index in [4.69, 9.17) is 4.74 Å². The summed E-state index contributed by atoms with van der Waals surface area (Å²) in [6.45, 7) is 4.39. The van der Waals surface area contributed by atoms with Crippen molar-refractivity contribution in [1.82, 2.24) is 14.5 Å². The number of benzene rings is 2. The van der Waals surface area contributed by atoms with Gasteiger partial charge in [0.15, 0.2) is 0 Å². The molecular formula is C24H31N3O4S. The van der Waals surface area contributed by atoms with Crippen LogP contribution in [-0.4, -0.2) is 69.0 Å². The Morgan fingerprint density at radius 2 is 1.69 bits per heavy atom. The van der Waals surface area contributed by atoms with Crippen molar-refractivity contribution in [3.63, 3.8) is 0 Å². The molecule has 0 bridgehead atoms. The van der Waals surface area contributed by atoms with Crippen LogP contribution in [0.1, 0.15) is 24.0 Å². The Labute approximate surface area is 190 Å². The summed E-state index contributed by atoms with van der Waals surface area (Å²) < 4.78 is 32.1. The Balaban J connectivity index is 1.22. The Kier molecular flexibility index (Phi) is 7.57. The van der Waals surface area contributed by atoms with Gasteiger partial charge in [0, 0.05) is 45.2 Å². The van der Waals surface area contributed by atoms with E-state index in [-0.39, 0.29) is 16.8 Å². The van der Waals surface area contributed by atoms with Crippen LogP contribution in [0.2, 0.25) is 0 Å². The maximum absolute atomic E-state index is 12.7. The molecule has 32 heavy (non-hydrogen) atoms. The third-order valence-corrected chi connectivity index (χ3v) is 7.97. The largest absolute Gasteiger partial charge is 0.379 e. The van der Waals surface area contributed by atoms with Gasteiger partial charge >= 0.3 is 0 Å².